The van der Waals surface area contributed by atoms with Gasteiger partial charge < -0.3 is 10.5 Å². The number of nitrogens with two attached hydrogens (primary N) is 1. The zero-order valence-electron chi connectivity index (χ0n) is 8.28. The lowest BCUT2D eigenvalue weighted by molar-refractivity contribution is 0.485. The molecule has 0 aliphatic rings. The van der Waals surface area contributed by atoms with Crippen LogP contribution in [0, 0.1) is 0 Å². The molecule has 0 heterocycles. The molecule has 82 valence electrons. The number of hydrogen-bond donors (Lipinski definition) is 1. The van der Waals surface area contributed by atoms with Crippen LogP contribution in [0.25, 0.3) is 0 Å². The van der Waals surface area contributed by atoms with E-state index in [1.165, 1.54) is 0 Å². The SMILES string of the molecule is Nc1ccccc1Oc1cc(Cl)cc(Cl)c1. The summed E-state index contributed by atoms with van der Waals surface area (Å²) in [6.07, 6.45) is 0. The Balaban J connectivity index is 2.30. The molecular formula is C12H9Cl2NO. The van der Waals surface area contributed by atoms with Crippen LogP contribution in [0.1, 0.15) is 0 Å². The first-order chi connectivity index (χ1) is 7.65. The largest absolute Gasteiger partial charge is 0.455 e. The number of benzene rings is 2. The van der Waals surface area contributed by atoms with Gasteiger partial charge in [-0.1, -0.05) is 35.3 Å². The van der Waals surface area contributed by atoms with Gasteiger partial charge in [0, 0.05) is 10.0 Å². The van der Waals surface area contributed by atoms with Crippen molar-refractivity contribution >= 4 is 28.9 Å². The van der Waals surface area contributed by atoms with Crippen LogP contribution in [-0.2, 0) is 0 Å². The van der Waals surface area contributed by atoms with Crippen molar-refractivity contribution in [3.63, 3.8) is 0 Å². The lowest BCUT2D eigenvalue weighted by atomic mass is 10.3. The minimum atomic E-state index is 0.525. The van der Waals surface area contributed by atoms with Gasteiger partial charge in [-0.25, -0.2) is 0 Å². The van der Waals surface area contributed by atoms with E-state index in [4.69, 9.17) is 33.7 Å². The maximum atomic E-state index is 5.86. The minimum Gasteiger partial charge on any atom is -0.455 e. The van der Waals surface area contributed by atoms with E-state index >= 15 is 0 Å². The molecule has 0 radical (unpaired) electrons. The molecule has 0 aliphatic carbocycles. The third kappa shape index (κ3) is 2.60. The summed E-state index contributed by atoms with van der Waals surface area (Å²) >= 11 is 11.7. The average molecular weight is 254 g/mol. The van der Waals surface area contributed by atoms with Crippen LogP contribution in [0.2, 0.25) is 10.0 Å². The summed E-state index contributed by atoms with van der Waals surface area (Å²) in [4.78, 5) is 0. The Bertz CT molecular complexity index is 494. The molecule has 2 rings (SSSR count). The Morgan fingerprint density at radius 2 is 1.56 bits per heavy atom. The molecule has 0 bridgehead atoms. The molecule has 4 heteroatoms. The molecule has 0 atom stereocenters. The smallest absolute Gasteiger partial charge is 0.150 e. The van der Waals surface area contributed by atoms with Gasteiger partial charge in [0.25, 0.3) is 0 Å². The first-order valence-electron chi connectivity index (χ1n) is 4.63. The monoisotopic (exact) mass is 253 g/mol. The van der Waals surface area contributed by atoms with Crippen molar-refractivity contribution in [2.45, 2.75) is 0 Å². The Labute approximate surface area is 104 Å². The number of hydrogen-bond acceptors (Lipinski definition) is 2. The second kappa shape index (κ2) is 4.64. The van der Waals surface area contributed by atoms with Gasteiger partial charge in [-0.3, -0.25) is 0 Å². The molecule has 0 aliphatic heterocycles. The van der Waals surface area contributed by atoms with Crippen molar-refractivity contribution in [3.8, 4) is 11.5 Å². The molecule has 16 heavy (non-hydrogen) atoms. The molecular weight excluding hydrogens is 245 g/mol. The van der Waals surface area contributed by atoms with E-state index in [-0.39, 0.29) is 0 Å². The molecule has 0 amide bonds. The van der Waals surface area contributed by atoms with E-state index in [0.717, 1.165) is 0 Å². The fraction of sp³-hybridized carbons (Fsp3) is 0. The fourth-order valence-electron chi connectivity index (χ4n) is 1.29. The molecule has 2 N–H and O–H groups in total. The lowest BCUT2D eigenvalue weighted by Crippen LogP contribution is -1.91. The Kier molecular flexibility index (Phi) is 3.22. The maximum Gasteiger partial charge on any atom is 0.150 e. The molecule has 0 saturated carbocycles. The highest BCUT2D eigenvalue weighted by Crippen LogP contribution is 2.30. The van der Waals surface area contributed by atoms with E-state index in [9.17, 15) is 0 Å². The highest BCUT2D eigenvalue weighted by atomic mass is 35.5. The maximum absolute atomic E-state index is 5.86. The van der Waals surface area contributed by atoms with Crippen molar-refractivity contribution in [1.29, 1.82) is 0 Å². The van der Waals surface area contributed by atoms with E-state index in [0.29, 0.717) is 27.2 Å². The predicted molar refractivity (Wildman–Crippen MR) is 67.4 cm³/mol. The molecule has 0 aromatic heterocycles. The van der Waals surface area contributed by atoms with Crippen molar-refractivity contribution in [3.05, 3.63) is 52.5 Å². The zero-order chi connectivity index (χ0) is 11.5. The summed E-state index contributed by atoms with van der Waals surface area (Å²) in [7, 11) is 0. The number of halogens is 2. The van der Waals surface area contributed by atoms with Gasteiger partial charge in [0.1, 0.15) is 11.5 Å². The lowest BCUT2D eigenvalue weighted by Gasteiger charge is -2.08. The first kappa shape index (κ1) is 11.1. The highest BCUT2D eigenvalue weighted by molar-refractivity contribution is 6.34. The van der Waals surface area contributed by atoms with Crippen molar-refractivity contribution in [2.75, 3.05) is 5.73 Å². The number of para-hydroxylation sites is 2. The minimum absolute atomic E-state index is 0.525. The van der Waals surface area contributed by atoms with Crippen LogP contribution in [0.15, 0.2) is 42.5 Å². The number of rotatable bonds is 2. The van der Waals surface area contributed by atoms with Crippen molar-refractivity contribution in [1.82, 2.24) is 0 Å². The van der Waals surface area contributed by atoms with Gasteiger partial charge in [0.05, 0.1) is 5.69 Å². The summed E-state index contributed by atoms with van der Waals surface area (Å²) in [6, 6.07) is 12.2. The zero-order valence-corrected chi connectivity index (χ0v) is 9.79. The molecule has 0 spiro atoms. The third-order valence-corrected chi connectivity index (χ3v) is 2.42. The molecule has 2 nitrogen and oxygen atoms in total. The van der Waals surface area contributed by atoms with Gasteiger partial charge >= 0.3 is 0 Å². The molecule has 2 aromatic rings. The average Bonchev–Trinajstić information content (AvgIpc) is 2.20. The van der Waals surface area contributed by atoms with Crippen molar-refractivity contribution in [2.24, 2.45) is 0 Å². The second-order valence-electron chi connectivity index (χ2n) is 3.25. The summed E-state index contributed by atoms with van der Waals surface area (Å²) in [5.74, 6) is 1.15. The van der Waals surface area contributed by atoms with Gasteiger partial charge in [-0.05, 0) is 30.3 Å². The summed E-state index contributed by atoms with van der Waals surface area (Å²) in [6.45, 7) is 0. The Hall–Kier alpha value is -1.38. The Morgan fingerprint density at radius 3 is 2.19 bits per heavy atom. The van der Waals surface area contributed by atoms with E-state index in [1.807, 2.05) is 12.1 Å². The van der Waals surface area contributed by atoms with E-state index in [1.54, 1.807) is 30.3 Å². The van der Waals surface area contributed by atoms with E-state index in [2.05, 4.69) is 0 Å². The van der Waals surface area contributed by atoms with Crippen LogP contribution < -0.4 is 10.5 Å². The van der Waals surface area contributed by atoms with Gasteiger partial charge in [-0.15, -0.1) is 0 Å². The Morgan fingerprint density at radius 1 is 0.938 bits per heavy atom. The fourth-order valence-corrected chi connectivity index (χ4v) is 1.79. The van der Waals surface area contributed by atoms with Crippen LogP contribution in [0.5, 0.6) is 11.5 Å². The summed E-state index contributed by atoms with van der Waals surface area (Å²) in [5, 5.41) is 1.05. The molecule has 2 aromatic carbocycles. The quantitative estimate of drug-likeness (QED) is 0.807. The van der Waals surface area contributed by atoms with Crippen LogP contribution >= 0.6 is 23.2 Å². The van der Waals surface area contributed by atoms with Gasteiger partial charge in [0.15, 0.2) is 0 Å². The first-order valence-corrected chi connectivity index (χ1v) is 5.39. The van der Waals surface area contributed by atoms with Crippen LogP contribution in [0.3, 0.4) is 0 Å². The van der Waals surface area contributed by atoms with E-state index < -0.39 is 0 Å². The van der Waals surface area contributed by atoms with Crippen LogP contribution in [0.4, 0.5) is 5.69 Å². The second-order valence-corrected chi connectivity index (χ2v) is 4.12. The number of anilines is 1. The standard InChI is InChI=1S/C12H9Cl2NO/c13-8-5-9(14)7-10(6-8)16-12-4-2-1-3-11(12)15/h1-7H,15H2. The molecule has 0 unspecified atom stereocenters. The normalized spacial score (nSPS) is 10.1. The number of ether oxygens (including phenoxy) is 1. The topological polar surface area (TPSA) is 35.2 Å². The highest BCUT2D eigenvalue weighted by Gasteiger charge is 2.03. The van der Waals surface area contributed by atoms with Crippen molar-refractivity contribution < 1.29 is 4.74 Å². The molecule has 0 saturated heterocycles. The molecule has 0 fully saturated rings. The van der Waals surface area contributed by atoms with Crippen LogP contribution in [-0.4, -0.2) is 0 Å². The summed E-state index contributed by atoms with van der Waals surface area (Å²) in [5.41, 5.74) is 6.32. The van der Waals surface area contributed by atoms with Gasteiger partial charge in [0.2, 0.25) is 0 Å². The third-order valence-electron chi connectivity index (χ3n) is 1.98. The van der Waals surface area contributed by atoms with Gasteiger partial charge in [-0.2, -0.15) is 0 Å². The number of nitrogen functional groups attached to an aromatic ring is 1. The summed E-state index contributed by atoms with van der Waals surface area (Å²) < 4.78 is 5.58. The predicted octanol–water partition coefficient (Wildman–Crippen LogP) is 4.37.